The fourth-order valence-electron chi connectivity index (χ4n) is 4.06. The molecule has 230 valence electrons. The van der Waals surface area contributed by atoms with Crippen molar-refractivity contribution in [2.45, 2.75) is 77.8 Å². The first-order valence-corrected chi connectivity index (χ1v) is 14.5. The van der Waals surface area contributed by atoms with Crippen molar-refractivity contribution in [2.24, 2.45) is 0 Å². The van der Waals surface area contributed by atoms with Crippen LogP contribution < -0.4 is 20.6 Å². The van der Waals surface area contributed by atoms with Gasteiger partial charge in [-0.25, -0.2) is 13.8 Å². The van der Waals surface area contributed by atoms with Gasteiger partial charge in [-0.05, 0) is 45.9 Å². The topological polar surface area (TPSA) is 173 Å². The summed E-state index contributed by atoms with van der Waals surface area (Å²) < 4.78 is 58.3. The van der Waals surface area contributed by atoms with Gasteiger partial charge < -0.3 is 24.1 Å². The lowest BCUT2D eigenvalue weighted by Crippen LogP contribution is -2.45. The zero-order valence-electron chi connectivity index (χ0n) is 23.9. The second kappa shape index (κ2) is 13.6. The monoisotopic (exact) mass is 612 g/mol. The summed E-state index contributed by atoms with van der Waals surface area (Å²) in [7, 11) is -4.39. The number of rotatable bonds is 12. The Morgan fingerprint density at radius 2 is 1.83 bits per heavy atom. The average molecular weight is 613 g/mol. The highest BCUT2D eigenvalue weighted by atomic mass is 31.2. The Bertz CT molecular complexity index is 1390. The number of halogens is 1. The summed E-state index contributed by atoms with van der Waals surface area (Å²) in [4.78, 5) is 52.0. The third-order valence-electron chi connectivity index (χ3n) is 5.79. The van der Waals surface area contributed by atoms with Crippen molar-refractivity contribution in [1.29, 1.82) is 0 Å². The molecule has 1 aliphatic rings. The molecule has 0 radical (unpaired) electrons. The largest absolute Gasteiger partial charge is 0.462 e. The summed E-state index contributed by atoms with van der Waals surface area (Å²) in [6.45, 7) is 7.36. The predicted octanol–water partition coefficient (Wildman–Crippen LogP) is 2.89. The number of nitrogens with one attached hydrogen (secondary N) is 2. The molecule has 3 rings (SSSR count). The van der Waals surface area contributed by atoms with Crippen LogP contribution in [-0.2, 0) is 37.7 Å². The zero-order chi connectivity index (χ0) is 31.2. The van der Waals surface area contributed by atoms with Gasteiger partial charge in [-0.2, -0.15) is 10.1 Å². The quantitative estimate of drug-likeness (QED) is 0.265. The summed E-state index contributed by atoms with van der Waals surface area (Å²) in [6.07, 6.45) is -3.98. The molecular weight excluding hydrogens is 578 g/mol. The summed E-state index contributed by atoms with van der Waals surface area (Å²) in [6, 6.07) is 8.05. The third kappa shape index (κ3) is 8.44. The molecule has 2 aromatic rings. The minimum Gasteiger partial charge on any atom is -0.462 e. The molecule has 0 bridgehead atoms. The number of hydrogen-bond acceptors (Lipinski definition) is 11. The van der Waals surface area contributed by atoms with Crippen LogP contribution in [0.4, 0.5) is 10.2 Å². The summed E-state index contributed by atoms with van der Waals surface area (Å²) in [5, 5.41) is 4.85. The smallest absolute Gasteiger partial charge is 0.459 e. The van der Waals surface area contributed by atoms with E-state index in [9.17, 15) is 23.7 Å². The Labute approximate surface area is 241 Å². The highest BCUT2D eigenvalue weighted by molar-refractivity contribution is 7.52. The van der Waals surface area contributed by atoms with Crippen LogP contribution in [0.2, 0.25) is 0 Å². The third-order valence-corrected chi connectivity index (χ3v) is 7.44. The number of esters is 2. The number of para-hydroxylation sites is 1. The number of alkyl halides is 1. The Morgan fingerprint density at radius 1 is 1.17 bits per heavy atom. The molecule has 1 aliphatic heterocycles. The maximum absolute atomic E-state index is 16.2. The van der Waals surface area contributed by atoms with Crippen LogP contribution in [0.3, 0.4) is 0 Å². The van der Waals surface area contributed by atoms with Gasteiger partial charge in [-0.3, -0.25) is 23.5 Å². The molecule has 0 saturated carbocycles. The summed E-state index contributed by atoms with van der Waals surface area (Å²) in [5.41, 5.74) is -3.47. The summed E-state index contributed by atoms with van der Waals surface area (Å²) in [5.74, 6) is -1.98. The SMILES string of the molecule is CC(=O)Nc1ccn([C@@H]2O[C@H](COP(=O)(N[C@@H](C)C(=O)OC(C)C)Oc3ccccc3)[C@@H](OC(C)=O)[C@@]2(C)F)c(=O)n1. The van der Waals surface area contributed by atoms with Gasteiger partial charge >= 0.3 is 25.4 Å². The Balaban J connectivity index is 1.89. The normalized spacial score (nSPS) is 24.0. The lowest BCUT2D eigenvalue weighted by Gasteiger charge is -2.28. The molecule has 0 aliphatic carbocycles. The van der Waals surface area contributed by atoms with Gasteiger partial charge in [0.2, 0.25) is 5.91 Å². The molecular formula is C26H34FN4O10P. The van der Waals surface area contributed by atoms with E-state index in [0.29, 0.717) is 0 Å². The molecule has 14 nitrogen and oxygen atoms in total. The first kappa shape index (κ1) is 32.9. The maximum atomic E-state index is 16.2. The van der Waals surface area contributed by atoms with E-state index in [0.717, 1.165) is 24.6 Å². The molecule has 42 heavy (non-hydrogen) atoms. The summed E-state index contributed by atoms with van der Waals surface area (Å²) >= 11 is 0. The van der Waals surface area contributed by atoms with Crippen LogP contribution in [0.1, 0.15) is 47.8 Å². The molecule has 16 heteroatoms. The van der Waals surface area contributed by atoms with Crippen LogP contribution in [0.25, 0.3) is 0 Å². The number of nitrogens with zero attached hydrogens (tertiary/aromatic N) is 2. The lowest BCUT2D eigenvalue weighted by atomic mass is 9.98. The van der Waals surface area contributed by atoms with Gasteiger partial charge in [0.1, 0.15) is 23.7 Å². The van der Waals surface area contributed by atoms with Crippen LogP contribution in [0, 0.1) is 0 Å². The standard InChI is InChI=1S/C26H34FN4O10P/c1-15(2)38-23(34)16(3)30-42(36,41-19-10-8-7-9-11-19)37-14-20-22(39-18(5)33)26(6,27)24(40-20)31-13-12-21(28-17(4)32)29-25(31)35/h7-13,15-16,20,22,24H,14H2,1-6H3,(H,30,36)(H,28,29,32,35)/t16-,20+,22+,24+,26+,42?/m0/s1. The van der Waals surface area contributed by atoms with Gasteiger partial charge in [0.15, 0.2) is 18.0 Å². The molecule has 2 heterocycles. The number of hydrogen-bond donors (Lipinski definition) is 2. The minimum atomic E-state index is -4.39. The van der Waals surface area contributed by atoms with E-state index in [4.69, 9.17) is 23.3 Å². The Hall–Kier alpha value is -3.65. The van der Waals surface area contributed by atoms with Crippen LogP contribution in [-0.4, -0.2) is 64.0 Å². The van der Waals surface area contributed by atoms with E-state index in [-0.39, 0.29) is 11.6 Å². The van der Waals surface area contributed by atoms with Crippen molar-refractivity contribution < 1.29 is 46.6 Å². The molecule has 6 atom stereocenters. The van der Waals surface area contributed by atoms with E-state index < -0.39 is 74.1 Å². The first-order chi connectivity index (χ1) is 19.6. The molecule has 1 saturated heterocycles. The molecule has 1 amide bonds. The number of amides is 1. The molecule has 2 N–H and O–H groups in total. The van der Waals surface area contributed by atoms with E-state index in [2.05, 4.69) is 15.4 Å². The molecule has 1 aromatic heterocycles. The second-order valence-electron chi connectivity index (χ2n) is 9.93. The number of anilines is 1. The lowest BCUT2D eigenvalue weighted by molar-refractivity contribution is -0.155. The van der Waals surface area contributed by atoms with Gasteiger partial charge in [-0.1, -0.05) is 18.2 Å². The maximum Gasteiger partial charge on any atom is 0.459 e. The van der Waals surface area contributed by atoms with Crippen molar-refractivity contribution >= 4 is 31.4 Å². The van der Waals surface area contributed by atoms with Crippen molar-refractivity contribution in [1.82, 2.24) is 14.6 Å². The molecule has 1 aromatic carbocycles. The first-order valence-electron chi connectivity index (χ1n) is 13.0. The van der Waals surface area contributed by atoms with Gasteiger partial charge in [0.25, 0.3) is 0 Å². The van der Waals surface area contributed by atoms with Crippen molar-refractivity contribution in [3.05, 3.63) is 53.1 Å². The zero-order valence-corrected chi connectivity index (χ0v) is 24.8. The fourth-order valence-corrected chi connectivity index (χ4v) is 5.56. The number of carbonyl (C=O) groups is 3. The van der Waals surface area contributed by atoms with Gasteiger partial charge in [0.05, 0.1) is 12.7 Å². The van der Waals surface area contributed by atoms with Crippen molar-refractivity contribution in [3.8, 4) is 5.75 Å². The number of benzene rings is 1. The second-order valence-corrected chi connectivity index (χ2v) is 11.6. The van der Waals surface area contributed by atoms with Crippen LogP contribution >= 0.6 is 7.75 Å². The highest BCUT2D eigenvalue weighted by Crippen LogP contribution is 2.48. The Kier molecular flexibility index (Phi) is 10.6. The van der Waals surface area contributed by atoms with Crippen LogP contribution in [0.15, 0.2) is 47.4 Å². The average Bonchev–Trinajstić information content (AvgIpc) is 3.11. The predicted molar refractivity (Wildman–Crippen MR) is 146 cm³/mol. The Morgan fingerprint density at radius 3 is 2.40 bits per heavy atom. The number of carbonyl (C=O) groups excluding carboxylic acids is 3. The minimum absolute atomic E-state index is 0.0612. The van der Waals surface area contributed by atoms with E-state index >= 15 is 4.39 Å². The van der Waals surface area contributed by atoms with Gasteiger partial charge in [0, 0.05) is 20.0 Å². The van der Waals surface area contributed by atoms with Gasteiger partial charge in [-0.15, -0.1) is 0 Å². The molecule has 1 fully saturated rings. The number of ether oxygens (including phenoxy) is 3. The molecule has 0 spiro atoms. The molecule has 1 unspecified atom stereocenters. The van der Waals surface area contributed by atoms with E-state index in [1.54, 1.807) is 32.0 Å². The van der Waals surface area contributed by atoms with Crippen LogP contribution in [0.5, 0.6) is 5.75 Å². The number of aromatic nitrogens is 2. The highest BCUT2D eigenvalue weighted by Gasteiger charge is 2.58. The van der Waals surface area contributed by atoms with E-state index in [1.807, 2.05) is 0 Å². The van der Waals surface area contributed by atoms with Crippen molar-refractivity contribution in [2.75, 3.05) is 11.9 Å². The van der Waals surface area contributed by atoms with Crippen molar-refractivity contribution in [3.63, 3.8) is 0 Å². The van der Waals surface area contributed by atoms with E-state index in [1.165, 1.54) is 32.0 Å². The fraction of sp³-hybridized carbons (Fsp3) is 0.500.